The lowest BCUT2D eigenvalue weighted by molar-refractivity contribution is -0.136. The van der Waals surface area contributed by atoms with Crippen molar-refractivity contribution in [1.82, 2.24) is 4.90 Å². The van der Waals surface area contributed by atoms with Gasteiger partial charge in [-0.2, -0.15) is 0 Å². The van der Waals surface area contributed by atoms with Gasteiger partial charge in [-0.25, -0.2) is 0 Å². The van der Waals surface area contributed by atoms with E-state index in [1.165, 1.54) is 6.07 Å². The van der Waals surface area contributed by atoms with Gasteiger partial charge in [0.05, 0.1) is 17.5 Å². The van der Waals surface area contributed by atoms with Crippen molar-refractivity contribution >= 4 is 23.2 Å². The van der Waals surface area contributed by atoms with E-state index in [4.69, 9.17) is 15.2 Å². The van der Waals surface area contributed by atoms with Crippen LogP contribution >= 0.6 is 0 Å². The van der Waals surface area contributed by atoms with Crippen LogP contribution in [0.15, 0.2) is 47.2 Å². The van der Waals surface area contributed by atoms with E-state index in [-0.39, 0.29) is 35.9 Å². The number of allylic oxidation sites excluding steroid dienone is 1. The van der Waals surface area contributed by atoms with Crippen molar-refractivity contribution in [2.45, 2.75) is 18.9 Å². The number of nitrogens with zero attached hydrogens (tertiary/aromatic N) is 1. The van der Waals surface area contributed by atoms with Gasteiger partial charge in [-0.05, 0) is 73.7 Å². The van der Waals surface area contributed by atoms with Crippen LogP contribution in [0.3, 0.4) is 0 Å². The number of carbonyl (C=O) groups excluding carboxylic acids is 3. The fraction of sp³-hybridized carbons (Fsp3) is 0.321. The fourth-order valence-corrected chi connectivity index (χ4v) is 6.60. The molecule has 4 atom stereocenters. The van der Waals surface area contributed by atoms with Crippen molar-refractivity contribution in [3.05, 3.63) is 58.4 Å². The van der Waals surface area contributed by atoms with Crippen LogP contribution in [0.25, 0.3) is 16.9 Å². The van der Waals surface area contributed by atoms with E-state index in [1.807, 2.05) is 12.1 Å². The normalized spacial score (nSPS) is 25.9. The lowest BCUT2D eigenvalue weighted by atomic mass is 9.59. The highest BCUT2D eigenvalue weighted by Gasteiger charge is 2.55. The van der Waals surface area contributed by atoms with E-state index in [2.05, 4.69) is 0 Å². The average molecular weight is 519 g/mol. The Morgan fingerprint density at radius 2 is 1.76 bits per heavy atom. The Bertz CT molecular complexity index is 1500. The number of nitrogens with two attached hydrogens (primary N) is 1. The largest absolute Gasteiger partial charge is 0.510 e. The molecule has 38 heavy (non-hydrogen) atoms. The number of benzene rings is 2. The van der Waals surface area contributed by atoms with E-state index in [9.17, 15) is 29.7 Å². The number of ketones is 2. The van der Waals surface area contributed by atoms with E-state index < -0.39 is 52.6 Å². The van der Waals surface area contributed by atoms with Crippen molar-refractivity contribution in [2.75, 3.05) is 20.9 Å². The lowest BCUT2D eigenvalue weighted by Gasteiger charge is -2.46. The summed E-state index contributed by atoms with van der Waals surface area (Å²) in [6.07, 6.45) is 0.597. The number of primary amides is 1. The van der Waals surface area contributed by atoms with Crippen molar-refractivity contribution in [3.8, 4) is 28.4 Å². The van der Waals surface area contributed by atoms with Crippen LogP contribution in [0.2, 0.25) is 0 Å². The number of phenols is 1. The molecule has 10 nitrogen and oxygen atoms in total. The first kappa shape index (κ1) is 24.1. The van der Waals surface area contributed by atoms with Gasteiger partial charge in [0, 0.05) is 5.57 Å². The van der Waals surface area contributed by atoms with Gasteiger partial charge in [-0.15, -0.1) is 0 Å². The smallest absolute Gasteiger partial charge is 0.255 e. The number of amides is 1. The number of aromatic hydroxyl groups is 1. The van der Waals surface area contributed by atoms with Crippen LogP contribution < -0.4 is 15.2 Å². The number of rotatable bonds is 3. The summed E-state index contributed by atoms with van der Waals surface area (Å²) in [5, 5.41) is 33.0. The Labute approximate surface area is 217 Å². The molecule has 0 bridgehead atoms. The molecular weight excluding hydrogens is 492 g/mol. The number of carbonyl (C=O) groups is 3. The van der Waals surface area contributed by atoms with Crippen LogP contribution in [0, 0.1) is 17.8 Å². The molecule has 1 aliphatic heterocycles. The zero-order chi connectivity index (χ0) is 27.0. The summed E-state index contributed by atoms with van der Waals surface area (Å²) in [5.74, 6) is -4.78. The Morgan fingerprint density at radius 1 is 1.03 bits per heavy atom. The van der Waals surface area contributed by atoms with Crippen molar-refractivity contribution in [3.63, 3.8) is 0 Å². The van der Waals surface area contributed by atoms with Gasteiger partial charge >= 0.3 is 0 Å². The van der Waals surface area contributed by atoms with Gasteiger partial charge in [0.2, 0.25) is 6.79 Å². The standard InChI is InChI=1S/C28H26N2O8/c1-30(2)23-15-8-12-7-14-13(11-3-6-17-18(9-11)38-10-37-17)4-5-16(31)20(14)24(32)19(12)25(33)21(15)26(34)22(27(23)35)28(29)36/h3-6,9,12,15,21,23,31-32,35H,7-8,10H2,1-2H3,(H2,29,36)/t12?,15?,21?,23-/m0/s1. The van der Waals surface area contributed by atoms with E-state index in [0.29, 0.717) is 23.5 Å². The number of phenolic OH excluding ortho intramolecular Hbond substituents is 1. The maximum Gasteiger partial charge on any atom is 0.255 e. The quantitative estimate of drug-likeness (QED) is 0.353. The molecule has 196 valence electrons. The molecule has 3 aliphatic carbocycles. The molecule has 0 spiro atoms. The second kappa shape index (κ2) is 8.35. The van der Waals surface area contributed by atoms with Gasteiger partial charge < -0.3 is 30.5 Å². The summed E-state index contributed by atoms with van der Waals surface area (Å²) < 4.78 is 10.9. The minimum atomic E-state index is -1.28. The Hall–Kier alpha value is -4.31. The number of ether oxygens (including phenoxy) is 2. The molecule has 3 unspecified atom stereocenters. The minimum Gasteiger partial charge on any atom is -0.510 e. The summed E-state index contributed by atoms with van der Waals surface area (Å²) in [5.41, 5.74) is 7.20. The second-order valence-corrected chi connectivity index (χ2v) is 10.4. The summed E-state index contributed by atoms with van der Waals surface area (Å²) in [6.45, 7) is 0.122. The predicted molar refractivity (Wildman–Crippen MR) is 134 cm³/mol. The third-order valence-electron chi connectivity index (χ3n) is 8.13. The lowest BCUT2D eigenvalue weighted by Crippen LogP contribution is -2.55. The highest BCUT2D eigenvalue weighted by molar-refractivity contribution is 6.28. The molecule has 10 heteroatoms. The van der Waals surface area contributed by atoms with Gasteiger partial charge in [-0.3, -0.25) is 19.3 Å². The van der Waals surface area contributed by atoms with Crippen LogP contribution in [0.4, 0.5) is 0 Å². The van der Waals surface area contributed by atoms with E-state index in [1.54, 1.807) is 31.1 Å². The Morgan fingerprint density at radius 3 is 2.47 bits per heavy atom. The summed E-state index contributed by atoms with van der Waals surface area (Å²) >= 11 is 0. The number of aliphatic hydroxyl groups excluding tert-OH is 2. The third kappa shape index (κ3) is 3.26. The highest BCUT2D eigenvalue weighted by atomic mass is 16.7. The molecule has 1 amide bonds. The third-order valence-corrected chi connectivity index (χ3v) is 8.13. The molecule has 0 saturated heterocycles. The van der Waals surface area contributed by atoms with Crippen molar-refractivity contribution < 1.29 is 39.2 Å². The first-order valence-electron chi connectivity index (χ1n) is 12.3. The Balaban J connectivity index is 1.50. The van der Waals surface area contributed by atoms with Crippen LogP contribution in [-0.4, -0.2) is 64.6 Å². The summed E-state index contributed by atoms with van der Waals surface area (Å²) in [4.78, 5) is 40.8. The number of aliphatic hydroxyl groups is 2. The molecule has 1 heterocycles. The van der Waals surface area contributed by atoms with Crippen molar-refractivity contribution in [2.24, 2.45) is 23.5 Å². The second-order valence-electron chi connectivity index (χ2n) is 10.4. The maximum atomic E-state index is 13.8. The molecule has 4 aliphatic rings. The Kier molecular flexibility index (Phi) is 5.29. The molecule has 1 saturated carbocycles. The molecule has 6 rings (SSSR count). The topological polar surface area (TPSA) is 160 Å². The van der Waals surface area contributed by atoms with Gasteiger partial charge in [0.25, 0.3) is 5.91 Å². The zero-order valence-electron chi connectivity index (χ0n) is 20.7. The molecule has 0 aromatic heterocycles. The van der Waals surface area contributed by atoms with Crippen LogP contribution in [-0.2, 0) is 20.8 Å². The summed E-state index contributed by atoms with van der Waals surface area (Å²) in [6, 6.07) is 7.88. The van der Waals surface area contributed by atoms with Crippen LogP contribution in [0.5, 0.6) is 17.2 Å². The molecular formula is C28H26N2O8. The molecule has 1 fully saturated rings. The molecule has 2 aromatic carbocycles. The van der Waals surface area contributed by atoms with Gasteiger partial charge in [-0.1, -0.05) is 12.1 Å². The number of hydrogen-bond donors (Lipinski definition) is 4. The molecule has 0 radical (unpaired) electrons. The van der Waals surface area contributed by atoms with Gasteiger partial charge in [0.1, 0.15) is 22.8 Å². The van der Waals surface area contributed by atoms with Crippen LogP contribution in [0.1, 0.15) is 17.5 Å². The minimum absolute atomic E-state index is 0.0490. The maximum absolute atomic E-state index is 13.8. The first-order valence-corrected chi connectivity index (χ1v) is 12.3. The predicted octanol–water partition coefficient (Wildman–Crippen LogP) is 2.24. The fourth-order valence-electron chi connectivity index (χ4n) is 6.60. The van der Waals surface area contributed by atoms with Gasteiger partial charge in [0.15, 0.2) is 23.1 Å². The first-order chi connectivity index (χ1) is 18.1. The zero-order valence-corrected chi connectivity index (χ0v) is 20.7. The summed E-state index contributed by atoms with van der Waals surface area (Å²) in [7, 11) is 3.37. The number of Topliss-reactive ketones (excluding diaryl/α,β-unsaturated/α-hetero) is 2. The van der Waals surface area contributed by atoms with E-state index >= 15 is 0 Å². The molecule has 2 aromatic rings. The van der Waals surface area contributed by atoms with Crippen molar-refractivity contribution in [1.29, 1.82) is 0 Å². The monoisotopic (exact) mass is 518 g/mol. The SMILES string of the molecule is CN(C)[C@@H]1C(O)=C(C(N)=O)C(=O)C2C(=O)C3=C(O)c4c(O)ccc(-c5ccc6c(c5)OCO6)c4CC3CC21. The number of likely N-dealkylation sites (N-methyl/N-ethyl adjacent to an activating group) is 1. The number of hydrogen-bond acceptors (Lipinski definition) is 9. The molecule has 5 N–H and O–H groups in total. The van der Waals surface area contributed by atoms with E-state index in [0.717, 1.165) is 11.1 Å². The number of fused-ring (bicyclic) bond motifs is 4. The highest BCUT2D eigenvalue weighted by Crippen LogP contribution is 2.52. The average Bonchev–Trinajstić information content (AvgIpc) is 3.31.